The van der Waals surface area contributed by atoms with Crippen molar-refractivity contribution in [2.75, 3.05) is 18.8 Å². The molecule has 0 radical (unpaired) electrons. The SMILES string of the molecule is Cc1cc(C2CCN(Cc3ccccc3)C2)ccc1N.O=C=O. The number of hydrogen-bond donors (Lipinski definition) is 1. The Bertz CT molecular complexity index is 664. The van der Waals surface area contributed by atoms with Crippen LogP contribution in [0.2, 0.25) is 0 Å². The lowest BCUT2D eigenvalue weighted by atomic mass is 9.96. The van der Waals surface area contributed by atoms with Gasteiger partial charge in [-0.05, 0) is 48.6 Å². The number of aryl methyl sites for hydroxylation is 1. The molecule has 1 saturated heterocycles. The van der Waals surface area contributed by atoms with E-state index in [0.29, 0.717) is 5.92 Å². The first-order chi connectivity index (χ1) is 11.1. The molecule has 23 heavy (non-hydrogen) atoms. The van der Waals surface area contributed by atoms with E-state index in [1.807, 2.05) is 6.07 Å². The highest BCUT2D eigenvalue weighted by Gasteiger charge is 2.23. The molecule has 2 aromatic carbocycles. The zero-order valence-corrected chi connectivity index (χ0v) is 13.4. The lowest BCUT2D eigenvalue weighted by molar-refractivity contribution is -0.191. The number of nitrogens with zero attached hydrogens (tertiary/aromatic N) is 1. The molecule has 1 unspecified atom stereocenters. The largest absolute Gasteiger partial charge is 0.399 e. The number of nitrogen functional groups attached to an aromatic ring is 1. The quantitative estimate of drug-likeness (QED) is 0.885. The molecule has 2 aromatic rings. The fraction of sp³-hybridized carbons (Fsp3) is 0.316. The summed E-state index contributed by atoms with van der Waals surface area (Å²) in [5.41, 5.74) is 10.8. The van der Waals surface area contributed by atoms with Crippen LogP contribution in [0.15, 0.2) is 48.5 Å². The van der Waals surface area contributed by atoms with Crippen molar-refractivity contribution in [1.29, 1.82) is 0 Å². The Morgan fingerprint density at radius 3 is 2.52 bits per heavy atom. The van der Waals surface area contributed by atoms with E-state index < -0.39 is 0 Å². The number of rotatable bonds is 3. The van der Waals surface area contributed by atoms with E-state index in [2.05, 4.69) is 54.3 Å². The monoisotopic (exact) mass is 310 g/mol. The molecule has 2 N–H and O–H groups in total. The predicted molar refractivity (Wildman–Crippen MR) is 89.7 cm³/mol. The van der Waals surface area contributed by atoms with Gasteiger partial charge in [0.15, 0.2) is 0 Å². The van der Waals surface area contributed by atoms with Crippen molar-refractivity contribution < 1.29 is 9.59 Å². The second-order valence-electron chi connectivity index (χ2n) is 5.91. The molecule has 0 aromatic heterocycles. The van der Waals surface area contributed by atoms with Gasteiger partial charge in [0.25, 0.3) is 0 Å². The van der Waals surface area contributed by atoms with Gasteiger partial charge in [-0.2, -0.15) is 9.59 Å². The van der Waals surface area contributed by atoms with Gasteiger partial charge < -0.3 is 5.73 Å². The van der Waals surface area contributed by atoms with Gasteiger partial charge >= 0.3 is 6.15 Å². The molecule has 1 atom stereocenters. The summed E-state index contributed by atoms with van der Waals surface area (Å²) in [6.07, 6.45) is 1.50. The van der Waals surface area contributed by atoms with Gasteiger partial charge in [-0.3, -0.25) is 4.90 Å². The van der Waals surface area contributed by atoms with Crippen molar-refractivity contribution in [3.8, 4) is 0 Å². The number of nitrogens with two attached hydrogens (primary N) is 1. The summed E-state index contributed by atoms with van der Waals surface area (Å²) >= 11 is 0. The number of carbonyl (C=O) groups excluding carboxylic acids is 2. The summed E-state index contributed by atoms with van der Waals surface area (Å²) in [6.45, 7) is 5.49. The molecule has 1 fully saturated rings. The van der Waals surface area contributed by atoms with E-state index in [0.717, 1.165) is 18.8 Å². The molecule has 1 aliphatic rings. The maximum Gasteiger partial charge on any atom is 0.373 e. The third-order valence-corrected chi connectivity index (χ3v) is 4.29. The Morgan fingerprint density at radius 2 is 1.87 bits per heavy atom. The fourth-order valence-corrected chi connectivity index (χ4v) is 3.04. The topological polar surface area (TPSA) is 63.4 Å². The maximum absolute atomic E-state index is 8.12. The predicted octanol–water partition coefficient (Wildman–Crippen LogP) is 2.98. The standard InChI is InChI=1S/C18H22N2.CO2/c1-14-11-16(7-8-18(14)19)17-9-10-20(13-17)12-15-5-3-2-4-6-15;2-1-3/h2-8,11,17H,9-10,12-13,19H2,1H3;. The van der Waals surface area contributed by atoms with Crippen LogP contribution < -0.4 is 5.73 Å². The Hall–Kier alpha value is -2.42. The minimum atomic E-state index is 0.250. The number of anilines is 1. The van der Waals surface area contributed by atoms with Crippen LogP contribution in [-0.2, 0) is 16.1 Å². The second-order valence-corrected chi connectivity index (χ2v) is 5.91. The van der Waals surface area contributed by atoms with Gasteiger partial charge in [0.2, 0.25) is 0 Å². The van der Waals surface area contributed by atoms with Crippen LogP contribution in [0.1, 0.15) is 29.0 Å². The Balaban J connectivity index is 0.000000595. The van der Waals surface area contributed by atoms with Crippen LogP contribution in [0.5, 0.6) is 0 Å². The Labute approximate surface area is 136 Å². The minimum absolute atomic E-state index is 0.250. The van der Waals surface area contributed by atoms with Gasteiger partial charge in [-0.25, -0.2) is 0 Å². The van der Waals surface area contributed by atoms with Crippen molar-refractivity contribution in [3.05, 3.63) is 65.2 Å². The summed E-state index contributed by atoms with van der Waals surface area (Å²) in [5, 5.41) is 0. The van der Waals surface area contributed by atoms with Crippen molar-refractivity contribution >= 4 is 11.8 Å². The lowest BCUT2D eigenvalue weighted by Gasteiger charge is -2.16. The number of hydrogen-bond acceptors (Lipinski definition) is 4. The first-order valence-corrected chi connectivity index (χ1v) is 7.75. The second kappa shape index (κ2) is 8.28. The van der Waals surface area contributed by atoms with Gasteiger partial charge in [0.1, 0.15) is 0 Å². The first kappa shape index (κ1) is 16.9. The third-order valence-electron chi connectivity index (χ3n) is 4.29. The zero-order valence-electron chi connectivity index (χ0n) is 13.4. The summed E-state index contributed by atoms with van der Waals surface area (Å²) in [4.78, 5) is 18.8. The molecule has 0 saturated carbocycles. The smallest absolute Gasteiger partial charge is 0.373 e. The summed E-state index contributed by atoms with van der Waals surface area (Å²) in [7, 11) is 0. The summed E-state index contributed by atoms with van der Waals surface area (Å²) in [6, 6.07) is 17.2. The summed E-state index contributed by atoms with van der Waals surface area (Å²) in [5.74, 6) is 0.651. The highest BCUT2D eigenvalue weighted by atomic mass is 16.2. The molecule has 0 spiro atoms. The molecule has 0 bridgehead atoms. The molecule has 1 heterocycles. The molecule has 4 heteroatoms. The number of likely N-dealkylation sites (tertiary alicyclic amines) is 1. The molecular formula is C19H22N2O2. The molecular weight excluding hydrogens is 288 g/mol. The van der Waals surface area contributed by atoms with Crippen molar-refractivity contribution in [2.24, 2.45) is 0 Å². The van der Waals surface area contributed by atoms with E-state index in [9.17, 15) is 0 Å². The lowest BCUT2D eigenvalue weighted by Crippen LogP contribution is -2.19. The normalized spacial score (nSPS) is 17.2. The van der Waals surface area contributed by atoms with E-state index in [1.165, 1.54) is 29.7 Å². The van der Waals surface area contributed by atoms with Crippen LogP contribution in [0, 0.1) is 6.92 Å². The van der Waals surface area contributed by atoms with Crippen LogP contribution >= 0.6 is 0 Å². The molecule has 0 aliphatic carbocycles. The summed E-state index contributed by atoms with van der Waals surface area (Å²) < 4.78 is 0. The third kappa shape index (κ3) is 4.78. The van der Waals surface area contributed by atoms with E-state index >= 15 is 0 Å². The zero-order chi connectivity index (χ0) is 16.7. The highest BCUT2D eigenvalue weighted by molar-refractivity contribution is 5.48. The van der Waals surface area contributed by atoms with Crippen LogP contribution in [0.25, 0.3) is 0 Å². The van der Waals surface area contributed by atoms with Crippen molar-refractivity contribution in [3.63, 3.8) is 0 Å². The van der Waals surface area contributed by atoms with Crippen LogP contribution in [-0.4, -0.2) is 24.1 Å². The fourth-order valence-electron chi connectivity index (χ4n) is 3.04. The Morgan fingerprint density at radius 1 is 1.17 bits per heavy atom. The van der Waals surface area contributed by atoms with Gasteiger partial charge in [0, 0.05) is 18.8 Å². The van der Waals surface area contributed by atoms with Crippen LogP contribution in [0.3, 0.4) is 0 Å². The van der Waals surface area contributed by atoms with Gasteiger partial charge in [-0.1, -0.05) is 42.5 Å². The average molecular weight is 310 g/mol. The van der Waals surface area contributed by atoms with Crippen molar-refractivity contribution in [1.82, 2.24) is 4.90 Å². The van der Waals surface area contributed by atoms with Crippen molar-refractivity contribution in [2.45, 2.75) is 25.8 Å². The molecule has 3 rings (SSSR count). The maximum atomic E-state index is 8.12. The molecule has 4 nitrogen and oxygen atoms in total. The van der Waals surface area contributed by atoms with Gasteiger partial charge in [0.05, 0.1) is 0 Å². The molecule has 120 valence electrons. The minimum Gasteiger partial charge on any atom is -0.399 e. The molecule has 0 amide bonds. The first-order valence-electron chi connectivity index (χ1n) is 7.75. The van der Waals surface area contributed by atoms with E-state index in [4.69, 9.17) is 15.3 Å². The average Bonchev–Trinajstić information content (AvgIpc) is 3.00. The van der Waals surface area contributed by atoms with Crippen LogP contribution in [0.4, 0.5) is 5.69 Å². The van der Waals surface area contributed by atoms with E-state index in [-0.39, 0.29) is 6.15 Å². The molecule has 1 aliphatic heterocycles. The number of benzene rings is 2. The van der Waals surface area contributed by atoms with Gasteiger partial charge in [-0.15, -0.1) is 0 Å². The Kier molecular flexibility index (Phi) is 6.10. The highest BCUT2D eigenvalue weighted by Crippen LogP contribution is 2.29. The van der Waals surface area contributed by atoms with E-state index in [1.54, 1.807) is 0 Å².